The smallest absolute Gasteiger partial charge is 0.268 e. The Balaban J connectivity index is 2.22. The molecule has 20 heavy (non-hydrogen) atoms. The van der Waals surface area contributed by atoms with Gasteiger partial charge < -0.3 is 10.3 Å². The number of aromatic nitrogens is 1. The summed E-state index contributed by atoms with van der Waals surface area (Å²) < 4.78 is 27.1. The largest absolute Gasteiger partial charge is 0.344 e. The van der Waals surface area contributed by atoms with E-state index in [1.807, 2.05) is 0 Å². The van der Waals surface area contributed by atoms with Gasteiger partial charge in [-0.15, -0.1) is 0 Å². The van der Waals surface area contributed by atoms with Crippen LogP contribution in [-0.2, 0) is 0 Å². The molecule has 1 heterocycles. The van der Waals surface area contributed by atoms with Crippen molar-refractivity contribution >= 4 is 5.91 Å². The van der Waals surface area contributed by atoms with Crippen molar-refractivity contribution in [1.29, 1.82) is 0 Å². The van der Waals surface area contributed by atoms with Crippen LogP contribution in [0.1, 0.15) is 29.0 Å². The zero-order chi connectivity index (χ0) is 14.7. The van der Waals surface area contributed by atoms with Crippen LogP contribution >= 0.6 is 0 Å². The Kier molecular flexibility index (Phi) is 3.93. The predicted molar refractivity (Wildman–Crippen MR) is 69.3 cm³/mol. The second-order valence-electron chi connectivity index (χ2n) is 4.26. The van der Waals surface area contributed by atoms with E-state index in [0.29, 0.717) is 0 Å². The van der Waals surface area contributed by atoms with Crippen LogP contribution in [0.4, 0.5) is 8.78 Å². The third-order valence-electron chi connectivity index (χ3n) is 2.79. The highest BCUT2D eigenvalue weighted by atomic mass is 19.1. The molecule has 0 fully saturated rings. The Labute approximate surface area is 113 Å². The highest BCUT2D eigenvalue weighted by molar-refractivity contribution is 5.92. The SMILES string of the molecule is CC(NC(=O)c1cccc(=O)[nH]1)c1c(F)cccc1F. The summed E-state index contributed by atoms with van der Waals surface area (Å²) in [4.78, 5) is 25.3. The molecule has 1 atom stereocenters. The van der Waals surface area contributed by atoms with Gasteiger partial charge >= 0.3 is 0 Å². The van der Waals surface area contributed by atoms with E-state index in [1.54, 1.807) is 0 Å². The van der Waals surface area contributed by atoms with Crippen molar-refractivity contribution in [3.63, 3.8) is 0 Å². The summed E-state index contributed by atoms with van der Waals surface area (Å²) in [6.45, 7) is 1.46. The molecule has 0 aliphatic heterocycles. The van der Waals surface area contributed by atoms with Crippen LogP contribution in [0.2, 0.25) is 0 Å². The van der Waals surface area contributed by atoms with Gasteiger partial charge in [0, 0.05) is 11.6 Å². The van der Waals surface area contributed by atoms with Crippen molar-refractivity contribution < 1.29 is 13.6 Å². The molecule has 1 amide bonds. The Hall–Kier alpha value is -2.50. The van der Waals surface area contributed by atoms with E-state index in [2.05, 4.69) is 10.3 Å². The third-order valence-corrected chi connectivity index (χ3v) is 2.79. The summed E-state index contributed by atoms with van der Waals surface area (Å²) in [7, 11) is 0. The van der Waals surface area contributed by atoms with Crippen molar-refractivity contribution in [1.82, 2.24) is 10.3 Å². The summed E-state index contributed by atoms with van der Waals surface area (Å²) in [5, 5.41) is 2.43. The number of carbonyl (C=O) groups is 1. The molecule has 6 heteroatoms. The van der Waals surface area contributed by atoms with Gasteiger partial charge in [-0.3, -0.25) is 9.59 Å². The standard InChI is InChI=1S/C14H12F2N2O2/c1-8(13-9(15)4-2-5-10(13)16)17-14(20)11-6-3-7-12(19)18-11/h2-8H,1H3,(H,17,20)(H,18,19). The van der Waals surface area contributed by atoms with Crippen molar-refractivity contribution in [2.24, 2.45) is 0 Å². The second kappa shape index (κ2) is 5.64. The van der Waals surface area contributed by atoms with Crippen molar-refractivity contribution in [3.8, 4) is 0 Å². The predicted octanol–water partition coefficient (Wildman–Crippen LogP) is 2.14. The molecule has 0 bridgehead atoms. The van der Waals surface area contributed by atoms with E-state index in [-0.39, 0.29) is 11.3 Å². The third kappa shape index (κ3) is 2.90. The summed E-state index contributed by atoms with van der Waals surface area (Å²) in [5.74, 6) is -2.09. The molecule has 2 aromatic rings. The van der Waals surface area contributed by atoms with Crippen molar-refractivity contribution in [2.45, 2.75) is 13.0 Å². The van der Waals surface area contributed by atoms with Crippen LogP contribution in [0.25, 0.3) is 0 Å². The molecule has 0 spiro atoms. The lowest BCUT2D eigenvalue weighted by Gasteiger charge is -2.15. The van der Waals surface area contributed by atoms with Crippen LogP contribution in [0.15, 0.2) is 41.2 Å². The molecule has 0 aliphatic rings. The van der Waals surface area contributed by atoms with Gasteiger partial charge in [0.05, 0.1) is 6.04 Å². The number of nitrogens with one attached hydrogen (secondary N) is 2. The number of aromatic amines is 1. The quantitative estimate of drug-likeness (QED) is 0.903. The lowest BCUT2D eigenvalue weighted by molar-refractivity contribution is 0.0933. The number of pyridine rings is 1. The lowest BCUT2D eigenvalue weighted by Crippen LogP contribution is -2.29. The van der Waals surface area contributed by atoms with E-state index in [4.69, 9.17) is 0 Å². The van der Waals surface area contributed by atoms with Crippen LogP contribution in [0.5, 0.6) is 0 Å². The summed E-state index contributed by atoms with van der Waals surface area (Å²) in [6, 6.07) is 6.70. The molecule has 0 aliphatic carbocycles. The first-order chi connectivity index (χ1) is 9.49. The van der Waals surface area contributed by atoms with E-state index in [0.717, 1.165) is 12.1 Å². The minimum atomic E-state index is -0.868. The molecule has 1 aromatic heterocycles. The van der Waals surface area contributed by atoms with Crippen LogP contribution in [0.3, 0.4) is 0 Å². The fraction of sp³-hybridized carbons (Fsp3) is 0.143. The molecule has 4 nitrogen and oxygen atoms in total. The fourth-order valence-corrected chi connectivity index (χ4v) is 1.85. The fourth-order valence-electron chi connectivity index (χ4n) is 1.85. The maximum Gasteiger partial charge on any atom is 0.268 e. The molecule has 2 rings (SSSR count). The van der Waals surface area contributed by atoms with Crippen LogP contribution in [0, 0.1) is 11.6 Å². The maximum absolute atomic E-state index is 13.6. The number of halogens is 2. The van der Waals surface area contributed by atoms with Gasteiger partial charge in [-0.05, 0) is 25.1 Å². The van der Waals surface area contributed by atoms with E-state index < -0.39 is 29.1 Å². The number of benzene rings is 1. The maximum atomic E-state index is 13.6. The van der Waals surface area contributed by atoms with Gasteiger partial charge in [0.25, 0.3) is 5.91 Å². The topological polar surface area (TPSA) is 62.0 Å². The summed E-state index contributed by atoms with van der Waals surface area (Å²) in [6.07, 6.45) is 0. The number of H-pyrrole nitrogens is 1. The molecular formula is C14H12F2N2O2. The Morgan fingerprint density at radius 1 is 1.15 bits per heavy atom. The Morgan fingerprint density at radius 2 is 1.75 bits per heavy atom. The number of carbonyl (C=O) groups excluding carboxylic acids is 1. The second-order valence-corrected chi connectivity index (χ2v) is 4.26. The molecular weight excluding hydrogens is 266 g/mol. The molecule has 2 N–H and O–H groups in total. The number of rotatable bonds is 3. The van der Waals surface area contributed by atoms with E-state index >= 15 is 0 Å². The minimum Gasteiger partial charge on any atom is -0.344 e. The van der Waals surface area contributed by atoms with Gasteiger partial charge in [-0.1, -0.05) is 12.1 Å². The highest BCUT2D eigenvalue weighted by Crippen LogP contribution is 2.20. The molecule has 1 unspecified atom stereocenters. The summed E-state index contributed by atoms with van der Waals surface area (Å²) >= 11 is 0. The van der Waals surface area contributed by atoms with Gasteiger partial charge in [0.15, 0.2) is 0 Å². The molecule has 0 saturated heterocycles. The van der Waals surface area contributed by atoms with Crippen molar-refractivity contribution in [2.75, 3.05) is 0 Å². The molecule has 0 saturated carbocycles. The first-order valence-corrected chi connectivity index (χ1v) is 5.93. The molecule has 1 aromatic carbocycles. The van der Waals surface area contributed by atoms with Crippen LogP contribution < -0.4 is 10.9 Å². The zero-order valence-electron chi connectivity index (χ0n) is 10.6. The van der Waals surface area contributed by atoms with E-state index in [1.165, 1.54) is 31.2 Å². The Morgan fingerprint density at radius 3 is 2.35 bits per heavy atom. The highest BCUT2D eigenvalue weighted by Gasteiger charge is 2.18. The van der Waals surface area contributed by atoms with E-state index in [9.17, 15) is 18.4 Å². The number of hydrogen-bond acceptors (Lipinski definition) is 2. The van der Waals surface area contributed by atoms with Crippen LogP contribution in [-0.4, -0.2) is 10.9 Å². The van der Waals surface area contributed by atoms with Gasteiger partial charge in [0.1, 0.15) is 17.3 Å². The first kappa shape index (κ1) is 13.9. The zero-order valence-corrected chi connectivity index (χ0v) is 10.6. The van der Waals surface area contributed by atoms with Crippen molar-refractivity contribution in [3.05, 3.63) is 69.6 Å². The molecule has 104 valence electrons. The first-order valence-electron chi connectivity index (χ1n) is 5.93. The monoisotopic (exact) mass is 278 g/mol. The van der Waals surface area contributed by atoms with Gasteiger partial charge in [0.2, 0.25) is 5.56 Å². The summed E-state index contributed by atoms with van der Waals surface area (Å²) in [5.41, 5.74) is -0.623. The number of amides is 1. The Bertz CT molecular complexity index is 677. The normalized spacial score (nSPS) is 11.9. The number of hydrogen-bond donors (Lipinski definition) is 2. The average molecular weight is 278 g/mol. The van der Waals surface area contributed by atoms with Gasteiger partial charge in [-0.25, -0.2) is 8.78 Å². The van der Waals surface area contributed by atoms with Gasteiger partial charge in [-0.2, -0.15) is 0 Å². The molecule has 0 radical (unpaired) electrons. The average Bonchev–Trinajstić information content (AvgIpc) is 2.38. The lowest BCUT2D eigenvalue weighted by atomic mass is 10.1. The minimum absolute atomic E-state index is 0.0288.